The van der Waals surface area contributed by atoms with Gasteiger partial charge in [-0.1, -0.05) is 24.3 Å². The fourth-order valence-corrected chi connectivity index (χ4v) is 3.50. The number of carbonyl (C=O) groups is 2. The molecule has 0 radical (unpaired) electrons. The molecular formula is C21H20FN3O2S. The van der Waals surface area contributed by atoms with Crippen molar-refractivity contribution in [3.8, 4) is 10.6 Å². The molecule has 0 fully saturated rings. The largest absolute Gasteiger partial charge is 0.350 e. The van der Waals surface area contributed by atoms with Gasteiger partial charge in [0.05, 0.1) is 12.2 Å². The normalized spacial score (nSPS) is 10.5. The third kappa shape index (κ3) is 5.47. The number of thiazole rings is 1. The number of hydrogen-bond donors (Lipinski definition) is 2. The second-order valence-corrected chi connectivity index (χ2v) is 7.15. The molecule has 0 aliphatic carbocycles. The number of nitrogens with one attached hydrogen (secondary N) is 2. The van der Waals surface area contributed by atoms with Crippen LogP contribution in [0.15, 0.2) is 53.9 Å². The number of benzene rings is 2. The zero-order valence-corrected chi connectivity index (χ0v) is 16.2. The van der Waals surface area contributed by atoms with Gasteiger partial charge in [-0.3, -0.25) is 9.59 Å². The van der Waals surface area contributed by atoms with Crippen molar-refractivity contribution in [1.82, 2.24) is 10.3 Å². The molecule has 2 N–H and O–H groups in total. The van der Waals surface area contributed by atoms with Crippen molar-refractivity contribution >= 4 is 28.8 Å². The minimum absolute atomic E-state index is 0.0503. The van der Waals surface area contributed by atoms with Gasteiger partial charge < -0.3 is 10.6 Å². The summed E-state index contributed by atoms with van der Waals surface area (Å²) in [5.41, 5.74) is 3.52. The Morgan fingerprint density at radius 2 is 1.75 bits per heavy atom. The van der Waals surface area contributed by atoms with Crippen molar-refractivity contribution in [1.29, 1.82) is 0 Å². The van der Waals surface area contributed by atoms with E-state index in [9.17, 15) is 14.0 Å². The first kappa shape index (κ1) is 19.7. The Labute approximate surface area is 166 Å². The van der Waals surface area contributed by atoms with Crippen LogP contribution in [-0.4, -0.2) is 16.8 Å². The molecule has 0 aliphatic heterocycles. The van der Waals surface area contributed by atoms with E-state index in [4.69, 9.17) is 0 Å². The summed E-state index contributed by atoms with van der Waals surface area (Å²) in [7, 11) is 0. The highest BCUT2D eigenvalue weighted by atomic mass is 32.1. The fourth-order valence-electron chi connectivity index (χ4n) is 2.59. The number of amides is 2. The summed E-state index contributed by atoms with van der Waals surface area (Å²) in [5, 5.41) is 8.25. The van der Waals surface area contributed by atoms with Crippen LogP contribution < -0.4 is 10.6 Å². The average Bonchev–Trinajstić information content (AvgIpc) is 3.16. The Hall–Kier alpha value is -3.06. The third-order valence-electron chi connectivity index (χ3n) is 4.10. The lowest BCUT2D eigenvalue weighted by atomic mass is 10.1. The second kappa shape index (κ2) is 9.23. The number of hydrogen-bond acceptors (Lipinski definition) is 4. The van der Waals surface area contributed by atoms with E-state index in [1.54, 1.807) is 0 Å². The number of carbonyl (C=O) groups excluding carboxylic acids is 2. The van der Waals surface area contributed by atoms with Gasteiger partial charge in [-0.05, 0) is 36.8 Å². The Bertz CT molecular complexity index is 970. The maximum absolute atomic E-state index is 12.9. The molecule has 0 saturated heterocycles. The lowest BCUT2D eigenvalue weighted by molar-refractivity contribution is -0.124. The monoisotopic (exact) mass is 397 g/mol. The van der Waals surface area contributed by atoms with Gasteiger partial charge in [0.25, 0.3) is 0 Å². The molecule has 0 spiro atoms. The Kier molecular flexibility index (Phi) is 6.49. The van der Waals surface area contributed by atoms with Crippen molar-refractivity contribution in [3.63, 3.8) is 0 Å². The van der Waals surface area contributed by atoms with E-state index in [1.807, 2.05) is 36.6 Å². The number of halogens is 1. The molecule has 3 aromatic rings. The average molecular weight is 397 g/mol. The van der Waals surface area contributed by atoms with Gasteiger partial charge in [0.2, 0.25) is 11.8 Å². The fraction of sp³-hybridized carbons (Fsp3) is 0.190. The van der Waals surface area contributed by atoms with Crippen LogP contribution in [0, 0.1) is 12.7 Å². The summed E-state index contributed by atoms with van der Waals surface area (Å²) in [6.07, 6.45) is 0.122. The molecule has 3 rings (SSSR count). The van der Waals surface area contributed by atoms with Crippen LogP contribution in [0.25, 0.3) is 10.6 Å². The van der Waals surface area contributed by atoms with E-state index in [1.165, 1.54) is 35.6 Å². The van der Waals surface area contributed by atoms with Gasteiger partial charge in [0.15, 0.2) is 0 Å². The third-order valence-corrected chi connectivity index (χ3v) is 5.03. The van der Waals surface area contributed by atoms with Crippen molar-refractivity contribution in [3.05, 3.63) is 71.0 Å². The van der Waals surface area contributed by atoms with Crippen LogP contribution >= 0.6 is 11.3 Å². The molecule has 28 heavy (non-hydrogen) atoms. The maximum atomic E-state index is 12.9. The molecule has 144 valence electrons. The predicted molar refractivity (Wildman–Crippen MR) is 108 cm³/mol. The number of rotatable bonds is 7. The Balaban J connectivity index is 1.44. The van der Waals surface area contributed by atoms with Crippen LogP contribution in [0.1, 0.15) is 24.1 Å². The van der Waals surface area contributed by atoms with Crippen molar-refractivity contribution in [2.45, 2.75) is 26.3 Å². The lowest BCUT2D eigenvalue weighted by Crippen LogP contribution is -2.24. The quantitative estimate of drug-likeness (QED) is 0.625. The molecule has 2 amide bonds. The summed E-state index contributed by atoms with van der Waals surface area (Å²) in [6, 6.07) is 13.5. The van der Waals surface area contributed by atoms with Crippen LogP contribution in [0.2, 0.25) is 0 Å². The SMILES string of the molecule is Cc1ccccc1-c1nc(CNC(=O)CCC(=O)Nc2ccc(F)cc2)cs1. The van der Waals surface area contributed by atoms with Crippen molar-refractivity contribution in [2.24, 2.45) is 0 Å². The van der Waals surface area contributed by atoms with Gasteiger partial charge in [0, 0.05) is 29.5 Å². The first-order valence-corrected chi connectivity index (χ1v) is 9.72. The minimum Gasteiger partial charge on any atom is -0.350 e. The molecule has 5 nitrogen and oxygen atoms in total. The van der Waals surface area contributed by atoms with Crippen LogP contribution in [0.4, 0.5) is 10.1 Å². The lowest BCUT2D eigenvalue weighted by Gasteiger charge is -2.06. The van der Waals surface area contributed by atoms with Crippen LogP contribution in [0.5, 0.6) is 0 Å². The standard InChI is InChI=1S/C21H20FN3O2S/c1-14-4-2-3-5-18(14)21-25-17(13-28-21)12-23-19(26)10-11-20(27)24-16-8-6-15(22)7-9-16/h2-9,13H,10-12H2,1H3,(H,23,26)(H,24,27). The predicted octanol–water partition coefficient (Wildman–Crippen LogP) is 4.29. The van der Waals surface area contributed by atoms with E-state index >= 15 is 0 Å². The topological polar surface area (TPSA) is 71.1 Å². The molecule has 0 unspecified atom stereocenters. The molecule has 0 saturated carbocycles. The molecule has 0 aliphatic rings. The number of aromatic nitrogens is 1. The van der Waals surface area contributed by atoms with Gasteiger partial charge >= 0.3 is 0 Å². The van der Waals surface area contributed by atoms with E-state index in [-0.39, 0.29) is 30.5 Å². The van der Waals surface area contributed by atoms with Gasteiger partial charge in [-0.15, -0.1) is 11.3 Å². The smallest absolute Gasteiger partial charge is 0.224 e. The van der Waals surface area contributed by atoms with Crippen molar-refractivity contribution < 1.29 is 14.0 Å². The molecule has 0 atom stereocenters. The van der Waals surface area contributed by atoms with Crippen molar-refractivity contribution in [2.75, 3.05) is 5.32 Å². The van der Waals surface area contributed by atoms with Gasteiger partial charge in [-0.2, -0.15) is 0 Å². The molecule has 1 heterocycles. The highest BCUT2D eigenvalue weighted by molar-refractivity contribution is 7.13. The summed E-state index contributed by atoms with van der Waals surface area (Å²) in [4.78, 5) is 28.4. The highest BCUT2D eigenvalue weighted by Gasteiger charge is 2.10. The summed E-state index contributed by atoms with van der Waals surface area (Å²) < 4.78 is 12.9. The molecule has 0 bridgehead atoms. The molecule has 2 aromatic carbocycles. The molecule has 1 aromatic heterocycles. The van der Waals surface area contributed by atoms with E-state index in [2.05, 4.69) is 15.6 Å². The summed E-state index contributed by atoms with van der Waals surface area (Å²) >= 11 is 1.54. The molecular weight excluding hydrogens is 377 g/mol. The Morgan fingerprint density at radius 3 is 2.50 bits per heavy atom. The summed E-state index contributed by atoms with van der Waals surface area (Å²) in [6.45, 7) is 2.36. The number of nitrogens with zero attached hydrogens (tertiary/aromatic N) is 1. The van der Waals surface area contributed by atoms with Crippen LogP contribution in [0.3, 0.4) is 0 Å². The second-order valence-electron chi connectivity index (χ2n) is 6.29. The van der Waals surface area contributed by atoms with Gasteiger partial charge in [0.1, 0.15) is 10.8 Å². The zero-order valence-electron chi connectivity index (χ0n) is 15.4. The first-order chi connectivity index (χ1) is 13.5. The number of anilines is 1. The van der Waals surface area contributed by atoms with Gasteiger partial charge in [-0.25, -0.2) is 9.37 Å². The highest BCUT2D eigenvalue weighted by Crippen LogP contribution is 2.26. The zero-order chi connectivity index (χ0) is 19.9. The maximum Gasteiger partial charge on any atom is 0.224 e. The number of aryl methyl sites for hydroxylation is 1. The molecule has 7 heteroatoms. The van der Waals surface area contributed by atoms with E-state index in [0.29, 0.717) is 12.2 Å². The Morgan fingerprint density at radius 1 is 1.04 bits per heavy atom. The minimum atomic E-state index is -0.370. The van der Waals surface area contributed by atoms with E-state index in [0.717, 1.165) is 21.8 Å². The summed E-state index contributed by atoms with van der Waals surface area (Å²) in [5.74, 6) is -0.887. The van der Waals surface area contributed by atoms with Crippen LogP contribution in [-0.2, 0) is 16.1 Å². The first-order valence-electron chi connectivity index (χ1n) is 8.84. The van der Waals surface area contributed by atoms with E-state index < -0.39 is 0 Å².